The SMILES string of the molecule is O=C1C=C2CC[C@H]3[C@@H]4CC[C@@]5(C(=O)CO)OC[C@]45C[C@H](O)[C@]3(F)C2CC1. The fraction of sp³-hybridized carbons (Fsp3) is 0.800. The van der Waals surface area contributed by atoms with Gasteiger partial charge in [0.1, 0.15) is 17.9 Å². The van der Waals surface area contributed by atoms with Crippen LogP contribution in [0.4, 0.5) is 4.39 Å². The standard InChI is InChI=1S/C20H25FO5/c21-20-13-4-2-12(23)7-11(13)1-3-15(20)14-5-6-19(17(25)9-22)18(14,10-26-19)8-16(20)24/h7,13-16,22,24H,1-6,8-10H2/t13?,14-,15-,16-,18+,19-,20-/m0/s1. The number of alkyl halides is 1. The van der Waals surface area contributed by atoms with Crippen molar-refractivity contribution in [1.29, 1.82) is 0 Å². The Kier molecular flexibility index (Phi) is 3.43. The second-order valence-corrected chi connectivity index (χ2v) is 8.97. The molecular weight excluding hydrogens is 339 g/mol. The molecule has 6 heteroatoms. The van der Waals surface area contributed by atoms with E-state index in [0.29, 0.717) is 45.1 Å². The van der Waals surface area contributed by atoms with Gasteiger partial charge in [0.2, 0.25) is 0 Å². The molecule has 0 aromatic carbocycles. The maximum Gasteiger partial charge on any atom is 0.190 e. The van der Waals surface area contributed by atoms with Crippen LogP contribution in [0.2, 0.25) is 0 Å². The lowest BCUT2D eigenvalue weighted by Gasteiger charge is -2.65. The molecule has 142 valence electrons. The minimum Gasteiger partial charge on any atom is -0.390 e. The fourth-order valence-electron chi connectivity index (χ4n) is 7.28. The van der Waals surface area contributed by atoms with E-state index in [9.17, 15) is 19.8 Å². The van der Waals surface area contributed by atoms with Gasteiger partial charge in [-0.3, -0.25) is 9.59 Å². The molecule has 1 unspecified atom stereocenters. The number of rotatable bonds is 2. The largest absolute Gasteiger partial charge is 0.390 e. The van der Waals surface area contributed by atoms with Crippen molar-refractivity contribution in [3.63, 3.8) is 0 Å². The Hall–Kier alpha value is -1.11. The summed E-state index contributed by atoms with van der Waals surface area (Å²) in [6.07, 6.45) is 3.92. The third kappa shape index (κ3) is 1.72. The van der Waals surface area contributed by atoms with Crippen molar-refractivity contribution in [1.82, 2.24) is 0 Å². The highest BCUT2D eigenvalue weighted by atomic mass is 19.1. The first-order chi connectivity index (χ1) is 12.4. The molecule has 1 spiro atoms. The monoisotopic (exact) mass is 364 g/mol. The summed E-state index contributed by atoms with van der Waals surface area (Å²) in [5.74, 6) is -1.00. The van der Waals surface area contributed by atoms with E-state index in [1.165, 1.54) is 0 Å². The van der Waals surface area contributed by atoms with Gasteiger partial charge in [-0.2, -0.15) is 0 Å². The maximum atomic E-state index is 16.5. The highest BCUT2D eigenvalue weighted by molar-refractivity contribution is 5.92. The number of ketones is 2. The van der Waals surface area contributed by atoms with Gasteiger partial charge in [-0.05, 0) is 56.4 Å². The maximum absolute atomic E-state index is 16.5. The van der Waals surface area contributed by atoms with Crippen molar-refractivity contribution in [3.05, 3.63) is 11.6 Å². The Morgan fingerprint density at radius 3 is 2.77 bits per heavy atom. The Morgan fingerprint density at radius 1 is 1.27 bits per heavy atom. The predicted octanol–water partition coefficient (Wildman–Crippen LogP) is 1.50. The number of ether oxygens (including phenoxy) is 1. The van der Waals surface area contributed by atoms with Gasteiger partial charge < -0.3 is 14.9 Å². The van der Waals surface area contributed by atoms with E-state index in [1.807, 2.05) is 0 Å². The number of Topliss-reactive ketones (excluding diaryl/α,β-unsaturated/α-hetero) is 1. The smallest absolute Gasteiger partial charge is 0.190 e. The van der Waals surface area contributed by atoms with E-state index < -0.39 is 35.3 Å². The van der Waals surface area contributed by atoms with Crippen molar-refractivity contribution >= 4 is 11.6 Å². The van der Waals surface area contributed by atoms with E-state index in [-0.39, 0.29) is 29.8 Å². The highest BCUT2D eigenvalue weighted by Crippen LogP contribution is 2.71. The highest BCUT2D eigenvalue weighted by Gasteiger charge is 2.78. The third-order valence-electron chi connectivity index (χ3n) is 8.37. The lowest BCUT2D eigenvalue weighted by atomic mass is 9.46. The first kappa shape index (κ1) is 17.0. The van der Waals surface area contributed by atoms with Crippen LogP contribution in [0, 0.1) is 23.2 Å². The van der Waals surface area contributed by atoms with E-state index in [2.05, 4.69) is 0 Å². The molecule has 26 heavy (non-hydrogen) atoms. The van der Waals surface area contributed by atoms with Crippen molar-refractivity contribution in [2.45, 2.75) is 62.3 Å². The lowest BCUT2D eigenvalue weighted by Crippen LogP contribution is -2.74. The van der Waals surface area contributed by atoms with E-state index in [4.69, 9.17) is 4.74 Å². The van der Waals surface area contributed by atoms with Crippen LogP contribution in [0.15, 0.2) is 11.6 Å². The zero-order valence-electron chi connectivity index (χ0n) is 14.7. The number of fused-ring (bicyclic) bond motifs is 4. The number of hydrogen-bond acceptors (Lipinski definition) is 5. The molecule has 0 bridgehead atoms. The van der Waals surface area contributed by atoms with Gasteiger partial charge >= 0.3 is 0 Å². The van der Waals surface area contributed by atoms with Crippen LogP contribution in [-0.2, 0) is 14.3 Å². The Labute approximate surface area is 151 Å². The molecule has 5 aliphatic rings. The number of aliphatic hydroxyl groups excluding tert-OH is 2. The molecule has 1 saturated heterocycles. The average Bonchev–Trinajstić information content (AvgIpc) is 2.83. The van der Waals surface area contributed by atoms with Crippen molar-refractivity contribution < 1.29 is 28.9 Å². The van der Waals surface area contributed by atoms with Crippen molar-refractivity contribution in [3.8, 4) is 0 Å². The molecular formula is C20H25FO5. The van der Waals surface area contributed by atoms with Crippen molar-refractivity contribution in [2.75, 3.05) is 13.2 Å². The van der Waals surface area contributed by atoms with Gasteiger partial charge in [-0.15, -0.1) is 0 Å². The van der Waals surface area contributed by atoms with Crippen LogP contribution >= 0.6 is 0 Å². The summed E-state index contributed by atoms with van der Waals surface area (Å²) in [4.78, 5) is 24.2. The van der Waals surface area contributed by atoms with Crippen LogP contribution in [0.1, 0.15) is 44.9 Å². The van der Waals surface area contributed by atoms with Gasteiger partial charge in [0.05, 0.1) is 12.7 Å². The molecule has 4 fully saturated rings. The molecule has 4 aliphatic carbocycles. The van der Waals surface area contributed by atoms with Crippen molar-refractivity contribution in [2.24, 2.45) is 23.2 Å². The van der Waals surface area contributed by atoms with E-state index >= 15 is 4.39 Å². The second-order valence-electron chi connectivity index (χ2n) is 8.97. The summed E-state index contributed by atoms with van der Waals surface area (Å²) >= 11 is 0. The number of allylic oxidation sites excluding steroid dienone is 1. The van der Waals surface area contributed by atoms with Gasteiger partial charge in [0, 0.05) is 17.8 Å². The summed E-state index contributed by atoms with van der Waals surface area (Å²) < 4.78 is 22.2. The van der Waals surface area contributed by atoms with Gasteiger partial charge in [0.15, 0.2) is 11.6 Å². The number of carbonyl (C=O) groups excluding carboxylic acids is 2. The normalized spacial score (nSPS) is 52.1. The van der Waals surface area contributed by atoms with Crippen LogP contribution in [-0.4, -0.2) is 52.4 Å². The number of halogens is 1. The fourth-order valence-corrected chi connectivity index (χ4v) is 7.28. The molecule has 1 heterocycles. The molecule has 2 N–H and O–H groups in total. The van der Waals surface area contributed by atoms with Gasteiger partial charge in [0.25, 0.3) is 0 Å². The van der Waals surface area contributed by atoms with E-state index in [1.54, 1.807) is 6.08 Å². The lowest BCUT2D eigenvalue weighted by molar-refractivity contribution is -0.300. The van der Waals surface area contributed by atoms with E-state index in [0.717, 1.165) is 5.57 Å². The number of hydrogen-bond donors (Lipinski definition) is 2. The molecule has 0 aromatic rings. The topological polar surface area (TPSA) is 83.8 Å². The van der Waals surface area contributed by atoms with Crippen LogP contribution in [0.25, 0.3) is 0 Å². The molecule has 1 aliphatic heterocycles. The summed E-state index contributed by atoms with van der Waals surface area (Å²) in [6, 6.07) is 0. The third-order valence-corrected chi connectivity index (χ3v) is 8.37. The number of aliphatic hydroxyl groups is 2. The van der Waals surface area contributed by atoms with Gasteiger partial charge in [-0.25, -0.2) is 4.39 Å². The minimum absolute atomic E-state index is 0.0145. The summed E-state index contributed by atoms with van der Waals surface area (Å²) in [7, 11) is 0. The molecule has 7 atom stereocenters. The second kappa shape index (κ2) is 5.24. The van der Waals surface area contributed by atoms with Crippen LogP contribution in [0.3, 0.4) is 0 Å². The molecule has 5 nitrogen and oxygen atoms in total. The molecule has 0 aromatic heterocycles. The quantitative estimate of drug-likeness (QED) is 0.776. The van der Waals surface area contributed by atoms with Gasteiger partial charge in [-0.1, -0.05) is 5.57 Å². The first-order valence-corrected chi connectivity index (χ1v) is 9.77. The summed E-state index contributed by atoms with van der Waals surface area (Å²) in [5, 5.41) is 20.4. The summed E-state index contributed by atoms with van der Waals surface area (Å²) in [5.41, 5.74) is -2.45. The Morgan fingerprint density at radius 2 is 2.08 bits per heavy atom. The molecule has 0 radical (unpaired) electrons. The van der Waals surface area contributed by atoms with Crippen LogP contribution in [0.5, 0.6) is 0 Å². The minimum atomic E-state index is -1.73. The molecule has 3 saturated carbocycles. The Bertz CT molecular complexity index is 719. The molecule has 0 amide bonds. The predicted molar refractivity (Wildman–Crippen MR) is 88.9 cm³/mol. The zero-order chi connectivity index (χ0) is 18.3. The zero-order valence-corrected chi connectivity index (χ0v) is 14.7. The first-order valence-electron chi connectivity index (χ1n) is 9.77. The number of carbonyl (C=O) groups is 2. The summed E-state index contributed by atoms with van der Waals surface area (Å²) in [6.45, 7) is -0.216. The Balaban J connectivity index is 1.56. The molecule has 5 rings (SSSR count). The average molecular weight is 364 g/mol. The van der Waals surface area contributed by atoms with Crippen LogP contribution < -0.4 is 0 Å².